The molecular weight excluding hydrogens is 344 g/mol. The number of anilines is 1. The van der Waals surface area contributed by atoms with Crippen molar-refractivity contribution in [3.8, 4) is 0 Å². The minimum atomic E-state index is -3.81. The first-order valence-corrected chi connectivity index (χ1v) is 9.18. The van der Waals surface area contributed by atoms with E-state index in [0.717, 1.165) is 6.26 Å². The standard InChI is InChI=1S/C9H13BrN2O4S2/c1-17(13,14)5-4-12-18(15,16)9-6-7(10)2-3-8(9)11/h2-3,6,12H,4-5,11H2,1H3. The minimum absolute atomic E-state index is 0.0784. The molecule has 18 heavy (non-hydrogen) atoms. The van der Waals surface area contributed by atoms with Crippen molar-refractivity contribution >= 4 is 41.5 Å². The van der Waals surface area contributed by atoms with Gasteiger partial charge in [0.2, 0.25) is 10.0 Å². The van der Waals surface area contributed by atoms with E-state index in [2.05, 4.69) is 20.7 Å². The fourth-order valence-corrected chi connectivity index (χ4v) is 3.48. The molecule has 9 heteroatoms. The van der Waals surface area contributed by atoms with Crippen molar-refractivity contribution in [2.75, 3.05) is 24.3 Å². The summed E-state index contributed by atoms with van der Waals surface area (Å²) in [7, 11) is -7.02. The van der Waals surface area contributed by atoms with E-state index in [4.69, 9.17) is 5.73 Å². The van der Waals surface area contributed by atoms with Crippen LogP contribution in [0.15, 0.2) is 27.6 Å². The molecule has 1 aromatic carbocycles. The van der Waals surface area contributed by atoms with E-state index in [1.54, 1.807) is 6.07 Å². The summed E-state index contributed by atoms with van der Waals surface area (Å²) in [4.78, 5) is -0.0784. The summed E-state index contributed by atoms with van der Waals surface area (Å²) >= 11 is 3.15. The second kappa shape index (κ2) is 5.55. The molecule has 0 aromatic heterocycles. The van der Waals surface area contributed by atoms with Crippen LogP contribution in [0.4, 0.5) is 5.69 Å². The highest BCUT2D eigenvalue weighted by atomic mass is 79.9. The number of hydrogen-bond acceptors (Lipinski definition) is 5. The summed E-state index contributed by atoms with van der Waals surface area (Å²) in [5, 5.41) is 0. The number of sulfonamides is 1. The van der Waals surface area contributed by atoms with Gasteiger partial charge in [-0.3, -0.25) is 0 Å². The SMILES string of the molecule is CS(=O)(=O)CCNS(=O)(=O)c1cc(Br)ccc1N. The number of hydrogen-bond donors (Lipinski definition) is 2. The lowest BCUT2D eigenvalue weighted by Crippen LogP contribution is -2.29. The first-order chi connectivity index (χ1) is 8.12. The number of sulfone groups is 1. The Morgan fingerprint density at radius 3 is 2.44 bits per heavy atom. The number of nitrogens with two attached hydrogens (primary N) is 1. The maximum absolute atomic E-state index is 11.9. The number of benzene rings is 1. The van der Waals surface area contributed by atoms with Crippen LogP contribution in [0, 0.1) is 0 Å². The highest BCUT2D eigenvalue weighted by Gasteiger charge is 2.18. The molecule has 3 N–H and O–H groups in total. The zero-order valence-corrected chi connectivity index (χ0v) is 12.8. The highest BCUT2D eigenvalue weighted by Crippen LogP contribution is 2.22. The summed E-state index contributed by atoms with van der Waals surface area (Å²) < 4.78 is 48.3. The predicted molar refractivity (Wildman–Crippen MR) is 73.5 cm³/mol. The second-order valence-electron chi connectivity index (χ2n) is 3.71. The lowest BCUT2D eigenvalue weighted by molar-refractivity contribution is 0.582. The molecular formula is C9H13BrN2O4S2. The molecule has 1 rings (SSSR count). The van der Waals surface area contributed by atoms with Gasteiger partial charge in [-0.1, -0.05) is 15.9 Å². The normalized spacial score (nSPS) is 12.6. The average Bonchev–Trinajstić information content (AvgIpc) is 2.19. The van der Waals surface area contributed by atoms with E-state index in [1.165, 1.54) is 12.1 Å². The fourth-order valence-electron chi connectivity index (χ4n) is 1.18. The molecule has 6 nitrogen and oxygen atoms in total. The van der Waals surface area contributed by atoms with E-state index in [1.807, 2.05) is 0 Å². The number of nitrogens with one attached hydrogen (secondary N) is 1. The van der Waals surface area contributed by atoms with Crippen molar-refractivity contribution in [3.05, 3.63) is 22.7 Å². The number of halogens is 1. The van der Waals surface area contributed by atoms with Gasteiger partial charge in [0, 0.05) is 17.3 Å². The van der Waals surface area contributed by atoms with Gasteiger partial charge in [0.15, 0.2) is 0 Å². The van der Waals surface area contributed by atoms with Crippen LogP contribution in [-0.4, -0.2) is 35.4 Å². The van der Waals surface area contributed by atoms with Gasteiger partial charge in [0.1, 0.15) is 14.7 Å². The summed E-state index contributed by atoms with van der Waals surface area (Å²) in [6, 6.07) is 4.43. The van der Waals surface area contributed by atoms with Crippen molar-refractivity contribution in [2.24, 2.45) is 0 Å². The number of nitrogen functional groups attached to an aromatic ring is 1. The van der Waals surface area contributed by atoms with Crippen molar-refractivity contribution in [1.82, 2.24) is 4.72 Å². The van der Waals surface area contributed by atoms with Crippen LogP contribution >= 0.6 is 15.9 Å². The summed E-state index contributed by atoms with van der Waals surface area (Å²) in [5.74, 6) is -0.264. The molecule has 0 spiro atoms. The van der Waals surface area contributed by atoms with E-state index >= 15 is 0 Å². The largest absolute Gasteiger partial charge is 0.398 e. The third-order valence-electron chi connectivity index (χ3n) is 2.03. The van der Waals surface area contributed by atoms with Crippen LogP contribution in [-0.2, 0) is 19.9 Å². The van der Waals surface area contributed by atoms with Gasteiger partial charge in [-0.25, -0.2) is 21.6 Å². The van der Waals surface area contributed by atoms with Gasteiger partial charge in [-0.15, -0.1) is 0 Å². The first kappa shape index (κ1) is 15.4. The Hall–Kier alpha value is -0.640. The van der Waals surface area contributed by atoms with Crippen molar-refractivity contribution in [3.63, 3.8) is 0 Å². The molecule has 0 aliphatic carbocycles. The quantitative estimate of drug-likeness (QED) is 0.740. The maximum atomic E-state index is 11.9. The topological polar surface area (TPSA) is 106 Å². The van der Waals surface area contributed by atoms with Crippen LogP contribution < -0.4 is 10.5 Å². The summed E-state index contributed by atoms with van der Waals surface area (Å²) in [6.07, 6.45) is 1.04. The zero-order valence-electron chi connectivity index (χ0n) is 9.55. The minimum Gasteiger partial charge on any atom is -0.398 e. The van der Waals surface area contributed by atoms with Crippen molar-refractivity contribution in [2.45, 2.75) is 4.90 Å². The molecule has 102 valence electrons. The van der Waals surface area contributed by atoms with E-state index in [-0.39, 0.29) is 22.9 Å². The molecule has 0 radical (unpaired) electrons. The average molecular weight is 357 g/mol. The molecule has 0 aliphatic heterocycles. The smallest absolute Gasteiger partial charge is 0.242 e. The third-order valence-corrected chi connectivity index (χ3v) is 4.99. The Labute approximate surface area is 115 Å². The fraction of sp³-hybridized carbons (Fsp3) is 0.333. The first-order valence-electron chi connectivity index (χ1n) is 4.84. The molecule has 0 atom stereocenters. The Morgan fingerprint density at radius 2 is 1.89 bits per heavy atom. The van der Waals surface area contributed by atoms with E-state index < -0.39 is 19.9 Å². The van der Waals surface area contributed by atoms with Crippen LogP contribution in [0.25, 0.3) is 0 Å². The molecule has 0 bridgehead atoms. The van der Waals surface area contributed by atoms with Crippen LogP contribution in [0.2, 0.25) is 0 Å². The van der Waals surface area contributed by atoms with Crippen LogP contribution in [0.3, 0.4) is 0 Å². The monoisotopic (exact) mass is 356 g/mol. The molecule has 0 saturated heterocycles. The van der Waals surface area contributed by atoms with Gasteiger partial charge in [0.05, 0.1) is 11.4 Å². The second-order valence-corrected chi connectivity index (χ2v) is 8.62. The Kier molecular flexibility index (Phi) is 4.76. The lowest BCUT2D eigenvalue weighted by atomic mass is 10.3. The Balaban J connectivity index is 2.90. The summed E-state index contributed by atoms with van der Waals surface area (Å²) in [5.41, 5.74) is 5.68. The molecule has 0 saturated carbocycles. The van der Waals surface area contributed by atoms with Gasteiger partial charge < -0.3 is 5.73 Å². The van der Waals surface area contributed by atoms with Gasteiger partial charge >= 0.3 is 0 Å². The molecule has 0 heterocycles. The predicted octanol–water partition coefficient (Wildman–Crippen LogP) is 0.354. The zero-order chi connectivity index (χ0) is 14.0. The molecule has 0 aliphatic rings. The van der Waals surface area contributed by atoms with Gasteiger partial charge in [-0.05, 0) is 18.2 Å². The maximum Gasteiger partial charge on any atom is 0.242 e. The molecule has 0 fully saturated rings. The van der Waals surface area contributed by atoms with Crippen LogP contribution in [0.1, 0.15) is 0 Å². The lowest BCUT2D eigenvalue weighted by Gasteiger charge is -2.09. The molecule has 1 aromatic rings. The highest BCUT2D eigenvalue weighted by molar-refractivity contribution is 9.10. The van der Waals surface area contributed by atoms with Gasteiger partial charge in [-0.2, -0.15) is 0 Å². The van der Waals surface area contributed by atoms with E-state index in [9.17, 15) is 16.8 Å². The number of rotatable bonds is 5. The van der Waals surface area contributed by atoms with Crippen LogP contribution in [0.5, 0.6) is 0 Å². The molecule has 0 amide bonds. The van der Waals surface area contributed by atoms with Gasteiger partial charge in [0.25, 0.3) is 0 Å². The Morgan fingerprint density at radius 1 is 1.28 bits per heavy atom. The van der Waals surface area contributed by atoms with E-state index in [0.29, 0.717) is 4.47 Å². The van der Waals surface area contributed by atoms with Crippen molar-refractivity contribution < 1.29 is 16.8 Å². The molecule has 0 unspecified atom stereocenters. The third kappa shape index (κ3) is 4.56. The summed E-state index contributed by atoms with van der Waals surface area (Å²) in [6.45, 7) is -0.187. The van der Waals surface area contributed by atoms with Crippen molar-refractivity contribution in [1.29, 1.82) is 0 Å². The Bertz CT molecular complexity index is 641.